The fourth-order valence-corrected chi connectivity index (χ4v) is 2.06. The predicted octanol–water partition coefficient (Wildman–Crippen LogP) is 1.93. The second kappa shape index (κ2) is 5.46. The van der Waals surface area contributed by atoms with Gasteiger partial charge in [-0.3, -0.25) is 4.68 Å². The summed E-state index contributed by atoms with van der Waals surface area (Å²) in [5.41, 5.74) is 2.30. The highest BCUT2D eigenvalue weighted by Crippen LogP contribution is 2.25. The normalized spacial score (nSPS) is 12.7. The number of halogens is 1. The van der Waals surface area contributed by atoms with Gasteiger partial charge in [-0.1, -0.05) is 11.6 Å². The lowest BCUT2D eigenvalue weighted by atomic mass is 10.1. The molecule has 0 spiro atoms. The molecule has 0 bridgehead atoms. The van der Waals surface area contributed by atoms with Crippen molar-refractivity contribution in [1.29, 1.82) is 0 Å². The topological polar surface area (TPSA) is 63.8 Å². The average Bonchev–Trinajstić information content (AvgIpc) is 2.67. The number of rotatable bonds is 4. The molecule has 0 aliphatic rings. The van der Waals surface area contributed by atoms with Crippen molar-refractivity contribution in [1.82, 2.24) is 19.7 Å². The minimum atomic E-state index is -0.676. The molecular weight excluding hydrogens is 252 g/mol. The first-order valence-corrected chi connectivity index (χ1v) is 6.16. The van der Waals surface area contributed by atoms with E-state index in [0.29, 0.717) is 17.0 Å². The van der Waals surface area contributed by atoms with Crippen molar-refractivity contribution in [3.63, 3.8) is 0 Å². The van der Waals surface area contributed by atoms with Crippen LogP contribution in [0.2, 0.25) is 5.02 Å². The van der Waals surface area contributed by atoms with Gasteiger partial charge in [-0.05, 0) is 13.8 Å². The molecule has 0 saturated heterocycles. The number of aromatic nitrogens is 4. The van der Waals surface area contributed by atoms with Crippen LogP contribution in [-0.4, -0.2) is 24.9 Å². The summed E-state index contributed by atoms with van der Waals surface area (Å²) in [6.45, 7) is 4.57. The zero-order valence-electron chi connectivity index (χ0n) is 10.3. The van der Waals surface area contributed by atoms with Gasteiger partial charge in [0.15, 0.2) is 0 Å². The van der Waals surface area contributed by atoms with Crippen molar-refractivity contribution in [3.05, 3.63) is 40.7 Å². The summed E-state index contributed by atoms with van der Waals surface area (Å²) in [4.78, 5) is 7.78. The van der Waals surface area contributed by atoms with Crippen LogP contribution < -0.4 is 0 Å². The second-order valence-electron chi connectivity index (χ2n) is 4.05. The van der Waals surface area contributed by atoms with E-state index in [1.54, 1.807) is 12.4 Å². The van der Waals surface area contributed by atoms with Crippen LogP contribution in [0.5, 0.6) is 0 Å². The SMILES string of the molecule is CCn1nc(C)c(Cl)c1CC(O)c1cncnc1. The third kappa shape index (κ3) is 2.52. The molecule has 2 rings (SSSR count). The van der Waals surface area contributed by atoms with Gasteiger partial charge < -0.3 is 5.11 Å². The molecular formula is C12H15ClN4O. The quantitative estimate of drug-likeness (QED) is 0.918. The molecule has 1 unspecified atom stereocenters. The Morgan fingerprint density at radius 2 is 2.06 bits per heavy atom. The maximum atomic E-state index is 10.1. The van der Waals surface area contributed by atoms with Crippen LogP contribution in [0.1, 0.15) is 30.0 Å². The molecule has 18 heavy (non-hydrogen) atoms. The van der Waals surface area contributed by atoms with E-state index in [2.05, 4.69) is 15.1 Å². The predicted molar refractivity (Wildman–Crippen MR) is 68.3 cm³/mol. The number of aliphatic hydroxyl groups is 1. The fraction of sp³-hybridized carbons (Fsp3) is 0.417. The van der Waals surface area contributed by atoms with Gasteiger partial charge in [-0.15, -0.1) is 0 Å². The van der Waals surface area contributed by atoms with E-state index >= 15 is 0 Å². The lowest BCUT2D eigenvalue weighted by molar-refractivity contribution is 0.174. The minimum Gasteiger partial charge on any atom is -0.388 e. The Kier molecular flexibility index (Phi) is 3.93. The Labute approximate surface area is 110 Å². The van der Waals surface area contributed by atoms with Crippen molar-refractivity contribution in [2.24, 2.45) is 0 Å². The molecule has 0 aliphatic heterocycles. The summed E-state index contributed by atoms with van der Waals surface area (Å²) < 4.78 is 1.81. The Morgan fingerprint density at radius 1 is 1.39 bits per heavy atom. The zero-order valence-corrected chi connectivity index (χ0v) is 11.1. The van der Waals surface area contributed by atoms with Gasteiger partial charge in [0, 0.05) is 30.9 Å². The molecule has 0 radical (unpaired) electrons. The van der Waals surface area contributed by atoms with Crippen molar-refractivity contribution < 1.29 is 5.11 Å². The van der Waals surface area contributed by atoms with E-state index in [-0.39, 0.29) is 0 Å². The van der Waals surface area contributed by atoms with Crippen LogP contribution in [0.15, 0.2) is 18.7 Å². The van der Waals surface area contributed by atoms with Gasteiger partial charge in [0.2, 0.25) is 0 Å². The first-order valence-electron chi connectivity index (χ1n) is 5.78. The van der Waals surface area contributed by atoms with Crippen LogP contribution in [0.4, 0.5) is 0 Å². The van der Waals surface area contributed by atoms with Crippen LogP contribution in [0.3, 0.4) is 0 Å². The molecule has 2 heterocycles. The van der Waals surface area contributed by atoms with Crippen LogP contribution in [0.25, 0.3) is 0 Å². The number of hydrogen-bond acceptors (Lipinski definition) is 4. The average molecular weight is 267 g/mol. The van der Waals surface area contributed by atoms with Crippen LogP contribution >= 0.6 is 11.6 Å². The van der Waals surface area contributed by atoms with Crippen molar-refractivity contribution in [2.75, 3.05) is 0 Å². The first-order chi connectivity index (χ1) is 8.63. The molecule has 2 aromatic rings. The molecule has 0 fully saturated rings. The van der Waals surface area contributed by atoms with Gasteiger partial charge in [-0.25, -0.2) is 9.97 Å². The number of aryl methyl sites for hydroxylation is 2. The smallest absolute Gasteiger partial charge is 0.115 e. The maximum absolute atomic E-state index is 10.1. The van der Waals surface area contributed by atoms with Gasteiger partial charge in [-0.2, -0.15) is 5.10 Å². The highest BCUT2D eigenvalue weighted by atomic mass is 35.5. The number of nitrogens with zero attached hydrogens (tertiary/aromatic N) is 4. The van der Waals surface area contributed by atoms with Gasteiger partial charge in [0.05, 0.1) is 22.5 Å². The van der Waals surface area contributed by atoms with E-state index < -0.39 is 6.10 Å². The summed E-state index contributed by atoms with van der Waals surface area (Å²) in [6, 6.07) is 0. The third-order valence-corrected chi connectivity index (χ3v) is 3.30. The molecule has 96 valence electrons. The number of hydrogen-bond donors (Lipinski definition) is 1. The summed E-state index contributed by atoms with van der Waals surface area (Å²) in [5.74, 6) is 0. The second-order valence-corrected chi connectivity index (χ2v) is 4.43. The van der Waals surface area contributed by atoms with Gasteiger partial charge >= 0.3 is 0 Å². The monoisotopic (exact) mass is 266 g/mol. The standard InChI is InChI=1S/C12H15ClN4O/c1-3-17-10(12(13)8(2)16-17)4-11(18)9-5-14-7-15-6-9/h5-7,11,18H,3-4H2,1-2H3. The summed E-state index contributed by atoms with van der Waals surface area (Å²) >= 11 is 6.20. The van der Waals surface area contributed by atoms with E-state index in [0.717, 1.165) is 17.9 Å². The van der Waals surface area contributed by atoms with E-state index in [4.69, 9.17) is 11.6 Å². The van der Waals surface area contributed by atoms with E-state index in [1.165, 1.54) is 6.33 Å². The lowest BCUT2D eigenvalue weighted by Gasteiger charge is -2.11. The van der Waals surface area contributed by atoms with Crippen molar-refractivity contribution in [3.8, 4) is 0 Å². The highest BCUT2D eigenvalue weighted by molar-refractivity contribution is 6.31. The first kappa shape index (κ1) is 13.0. The van der Waals surface area contributed by atoms with Crippen molar-refractivity contribution >= 4 is 11.6 Å². The molecule has 2 aromatic heterocycles. The molecule has 0 aliphatic carbocycles. The largest absolute Gasteiger partial charge is 0.388 e. The van der Waals surface area contributed by atoms with Crippen LogP contribution in [0, 0.1) is 6.92 Å². The summed E-state index contributed by atoms with van der Waals surface area (Å²) in [7, 11) is 0. The molecule has 0 amide bonds. The van der Waals surface area contributed by atoms with Gasteiger partial charge in [0.1, 0.15) is 6.33 Å². The minimum absolute atomic E-state index is 0.404. The zero-order chi connectivity index (χ0) is 13.1. The summed E-state index contributed by atoms with van der Waals surface area (Å²) in [5, 5.41) is 15.1. The molecule has 0 aromatic carbocycles. The fourth-order valence-electron chi connectivity index (χ4n) is 1.85. The number of aliphatic hydroxyl groups excluding tert-OH is 1. The Morgan fingerprint density at radius 3 is 2.67 bits per heavy atom. The molecule has 1 N–H and O–H groups in total. The Balaban J connectivity index is 2.24. The van der Waals surface area contributed by atoms with Crippen LogP contribution in [-0.2, 0) is 13.0 Å². The molecule has 5 nitrogen and oxygen atoms in total. The Bertz CT molecular complexity index is 526. The molecule has 0 saturated carbocycles. The van der Waals surface area contributed by atoms with E-state index in [9.17, 15) is 5.11 Å². The highest BCUT2D eigenvalue weighted by Gasteiger charge is 2.17. The molecule has 6 heteroatoms. The third-order valence-electron chi connectivity index (χ3n) is 2.80. The summed E-state index contributed by atoms with van der Waals surface area (Å²) in [6.07, 6.45) is 4.37. The van der Waals surface area contributed by atoms with Gasteiger partial charge in [0.25, 0.3) is 0 Å². The maximum Gasteiger partial charge on any atom is 0.115 e. The van der Waals surface area contributed by atoms with Crippen molar-refractivity contribution in [2.45, 2.75) is 32.9 Å². The van der Waals surface area contributed by atoms with E-state index in [1.807, 2.05) is 18.5 Å². The Hall–Kier alpha value is -1.46. The molecule has 1 atom stereocenters. The lowest BCUT2D eigenvalue weighted by Crippen LogP contribution is -2.09.